The number of nitro groups is 1. The third-order valence-electron chi connectivity index (χ3n) is 6.01. The minimum Gasteiger partial charge on any atom is -0.496 e. The van der Waals surface area contributed by atoms with Gasteiger partial charge < -0.3 is 4.74 Å². The van der Waals surface area contributed by atoms with Gasteiger partial charge in [0.25, 0.3) is 11.6 Å². The van der Waals surface area contributed by atoms with Crippen LogP contribution in [0.15, 0.2) is 71.2 Å². The van der Waals surface area contributed by atoms with Gasteiger partial charge in [-0.25, -0.2) is 14.4 Å². The average Bonchev–Trinajstić information content (AvgIpc) is 3.36. The zero-order chi connectivity index (χ0) is 24.9. The largest absolute Gasteiger partial charge is 0.496 e. The molecule has 2 amide bonds. The molecular weight excluding hydrogens is 525 g/mol. The highest BCUT2D eigenvalue weighted by molar-refractivity contribution is 9.10. The quantitative estimate of drug-likeness (QED) is 0.265. The Morgan fingerprint density at radius 3 is 2.46 bits per heavy atom. The first-order valence-corrected chi connectivity index (χ1v) is 11.3. The Kier molecular flexibility index (Phi) is 5.73. The lowest BCUT2D eigenvalue weighted by Crippen LogP contribution is -2.37. The van der Waals surface area contributed by atoms with Crippen LogP contribution in [0, 0.1) is 21.8 Å². The van der Waals surface area contributed by atoms with E-state index in [9.17, 15) is 24.1 Å². The normalized spacial score (nSPS) is 21.4. The second kappa shape index (κ2) is 8.75. The third-order valence-corrected chi connectivity index (χ3v) is 6.50. The fraction of sp³-hybridized carbons (Fsp3) is 0.167. The number of nitro benzene ring substituents is 1. The smallest absolute Gasteiger partial charge is 0.271 e. The SMILES string of the molecule is COc1ccc(Br)cc1[C@H]1[C@H]2C(=O)N(c3ccc(F)cc3)C(=O)[C@H]2ON1c1cccc([N+](=O)[O-])c1. The van der Waals surface area contributed by atoms with Crippen molar-refractivity contribution in [3.8, 4) is 5.75 Å². The van der Waals surface area contributed by atoms with Gasteiger partial charge in [0.05, 0.1) is 29.4 Å². The number of halogens is 2. The summed E-state index contributed by atoms with van der Waals surface area (Å²) in [7, 11) is 1.48. The van der Waals surface area contributed by atoms with Gasteiger partial charge in [0.2, 0.25) is 5.91 Å². The number of rotatable bonds is 5. The number of methoxy groups -OCH3 is 1. The number of nitrogens with zero attached hydrogens (tertiary/aromatic N) is 3. The van der Waals surface area contributed by atoms with Gasteiger partial charge in [-0.15, -0.1) is 0 Å². The van der Waals surface area contributed by atoms with Crippen molar-refractivity contribution >= 4 is 44.8 Å². The number of benzene rings is 3. The van der Waals surface area contributed by atoms with Crippen LogP contribution in [-0.4, -0.2) is 30.0 Å². The molecule has 0 radical (unpaired) electrons. The first-order chi connectivity index (χ1) is 16.8. The molecule has 5 rings (SSSR count). The molecule has 0 spiro atoms. The minimum atomic E-state index is -1.19. The van der Waals surface area contributed by atoms with Crippen LogP contribution < -0.4 is 14.7 Å². The Morgan fingerprint density at radius 2 is 1.77 bits per heavy atom. The van der Waals surface area contributed by atoms with Crippen LogP contribution >= 0.6 is 15.9 Å². The summed E-state index contributed by atoms with van der Waals surface area (Å²) < 4.78 is 19.7. The number of non-ortho nitro benzene ring substituents is 1. The molecule has 2 aliphatic rings. The van der Waals surface area contributed by atoms with Crippen molar-refractivity contribution in [3.63, 3.8) is 0 Å². The molecule has 0 aliphatic carbocycles. The van der Waals surface area contributed by atoms with Gasteiger partial charge in [0, 0.05) is 22.2 Å². The summed E-state index contributed by atoms with van der Waals surface area (Å²) in [6.07, 6.45) is -1.19. The molecule has 0 bridgehead atoms. The molecule has 2 fully saturated rings. The Bertz CT molecular complexity index is 1350. The molecule has 178 valence electrons. The fourth-order valence-electron chi connectivity index (χ4n) is 4.48. The maximum absolute atomic E-state index is 13.6. The molecular formula is C24H17BrFN3O6. The van der Waals surface area contributed by atoms with Crippen molar-refractivity contribution in [1.29, 1.82) is 0 Å². The van der Waals surface area contributed by atoms with Gasteiger partial charge >= 0.3 is 0 Å². The Hall–Kier alpha value is -3.83. The summed E-state index contributed by atoms with van der Waals surface area (Å²) >= 11 is 3.43. The topological polar surface area (TPSA) is 102 Å². The molecule has 0 aromatic heterocycles. The molecule has 3 atom stereocenters. The zero-order valence-electron chi connectivity index (χ0n) is 18.1. The predicted octanol–water partition coefficient (Wildman–Crippen LogP) is 4.56. The molecule has 3 aromatic rings. The predicted molar refractivity (Wildman–Crippen MR) is 126 cm³/mol. The van der Waals surface area contributed by atoms with E-state index in [2.05, 4.69) is 15.9 Å². The van der Waals surface area contributed by atoms with Crippen LogP contribution in [0.4, 0.5) is 21.5 Å². The first kappa shape index (κ1) is 22.9. The molecule has 0 unspecified atom stereocenters. The Balaban J connectivity index is 1.64. The monoisotopic (exact) mass is 541 g/mol. The van der Waals surface area contributed by atoms with E-state index < -0.39 is 40.6 Å². The average molecular weight is 542 g/mol. The van der Waals surface area contributed by atoms with Gasteiger partial charge in [-0.1, -0.05) is 22.0 Å². The van der Waals surface area contributed by atoms with Gasteiger partial charge in [-0.2, -0.15) is 0 Å². The van der Waals surface area contributed by atoms with E-state index in [0.29, 0.717) is 21.5 Å². The number of hydroxylamine groups is 1. The number of carbonyl (C=O) groups excluding carboxylic acids is 2. The summed E-state index contributed by atoms with van der Waals surface area (Å²) in [5, 5.41) is 12.7. The van der Waals surface area contributed by atoms with E-state index in [-0.39, 0.29) is 11.4 Å². The minimum absolute atomic E-state index is 0.172. The summed E-state index contributed by atoms with van der Waals surface area (Å²) in [6, 6.07) is 15.1. The van der Waals surface area contributed by atoms with Crippen LogP contribution in [0.2, 0.25) is 0 Å². The second-order valence-electron chi connectivity index (χ2n) is 7.97. The van der Waals surface area contributed by atoms with Gasteiger partial charge in [0.1, 0.15) is 17.5 Å². The number of hydrogen-bond acceptors (Lipinski definition) is 7. The lowest BCUT2D eigenvalue weighted by molar-refractivity contribution is -0.384. The van der Waals surface area contributed by atoms with Crippen molar-refractivity contribution < 1.29 is 28.5 Å². The van der Waals surface area contributed by atoms with Gasteiger partial charge in [-0.05, 0) is 48.5 Å². The highest BCUT2D eigenvalue weighted by Crippen LogP contribution is 2.50. The molecule has 9 nitrogen and oxygen atoms in total. The van der Waals surface area contributed by atoms with Gasteiger partial charge in [-0.3, -0.25) is 24.5 Å². The van der Waals surface area contributed by atoms with E-state index in [1.807, 2.05) is 0 Å². The maximum Gasteiger partial charge on any atom is 0.271 e. The van der Waals surface area contributed by atoms with Crippen LogP contribution in [-0.2, 0) is 14.4 Å². The number of amides is 2. The summed E-state index contributed by atoms with van der Waals surface area (Å²) in [4.78, 5) is 44.8. The number of hydrogen-bond donors (Lipinski definition) is 0. The van der Waals surface area contributed by atoms with Crippen LogP contribution in [0.1, 0.15) is 11.6 Å². The van der Waals surface area contributed by atoms with Crippen molar-refractivity contribution in [3.05, 3.63) is 92.7 Å². The summed E-state index contributed by atoms with van der Waals surface area (Å²) in [5.74, 6) is -2.20. The third kappa shape index (κ3) is 3.82. The van der Waals surface area contributed by atoms with Gasteiger partial charge in [0.15, 0.2) is 6.10 Å². The number of ether oxygens (including phenoxy) is 1. The number of carbonyl (C=O) groups is 2. The zero-order valence-corrected chi connectivity index (χ0v) is 19.7. The van der Waals surface area contributed by atoms with E-state index in [1.165, 1.54) is 42.5 Å². The molecule has 2 heterocycles. The molecule has 35 heavy (non-hydrogen) atoms. The molecule has 2 aliphatic heterocycles. The van der Waals surface area contributed by atoms with E-state index >= 15 is 0 Å². The van der Waals surface area contributed by atoms with E-state index in [0.717, 1.165) is 17.0 Å². The van der Waals surface area contributed by atoms with Crippen molar-refractivity contribution in [2.24, 2.45) is 5.92 Å². The molecule has 0 N–H and O–H groups in total. The summed E-state index contributed by atoms with van der Waals surface area (Å²) in [5.41, 5.74) is 0.896. The standard InChI is InChI=1S/C24H17BrFN3O6/c1-34-19-10-5-13(25)11-18(19)21-20-22(35-28(21)16-3-2-4-17(12-16)29(32)33)24(31)27(23(20)30)15-8-6-14(26)7-9-15/h2-12,20-22H,1H3/t20-,21+,22+/m1/s1. The highest BCUT2D eigenvalue weighted by Gasteiger charge is 2.60. The van der Waals surface area contributed by atoms with E-state index in [4.69, 9.17) is 9.57 Å². The van der Waals surface area contributed by atoms with Crippen LogP contribution in [0.25, 0.3) is 0 Å². The number of imide groups is 1. The molecule has 0 saturated carbocycles. The maximum atomic E-state index is 13.6. The van der Waals surface area contributed by atoms with Crippen molar-refractivity contribution in [2.75, 3.05) is 17.1 Å². The summed E-state index contributed by atoms with van der Waals surface area (Å²) in [6.45, 7) is 0. The molecule has 3 aromatic carbocycles. The second-order valence-corrected chi connectivity index (χ2v) is 8.89. The number of fused-ring (bicyclic) bond motifs is 1. The van der Waals surface area contributed by atoms with Crippen molar-refractivity contribution in [2.45, 2.75) is 12.1 Å². The molecule has 11 heteroatoms. The van der Waals surface area contributed by atoms with Crippen LogP contribution in [0.3, 0.4) is 0 Å². The lowest BCUT2D eigenvalue weighted by Gasteiger charge is -2.29. The fourth-order valence-corrected chi connectivity index (χ4v) is 4.86. The lowest BCUT2D eigenvalue weighted by atomic mass is 9.90. The first-order valence-electron chi connectivity index (χ1n) is 10.5. The Labute approximate surface area is 206 Å². The van der Waals surface area contributed by atoms with Crippen molar-refractivity contribution in [1.82, 2.24) is 0 Å². The highest BCUT2D eigenvalue weighted by atomic mass is 79.9. The Morgan fingerprint density at radius 1 is 1.03 bits per heavy atom. The van der Waals surface area contributed by atoms with E-state index in [1.54, 1.807) is 24.3 Å². The van der Waals surface area contributed by atoms with Crippen LogP contribution in [0.5, 0.6) is 5.75 Å². The molecule has 2 saturated heterocycles. The number of anilines is 2.